The Morgan fingerprint density at radius 3 is 2.55 bits per heavy atom. The number of carboxylic acids is 1. The van der Waals surface area contributed by atoms with Gasteiger partial charge in [0, 0.05) is 6.61 Å². The zero-order valence-corrected chi connectivity index (χ0v) is 6.67. The van der Waals surface area contributed by atoms with Gasteiger partial charge in [-0.2, -0.15) is 0 Å². The highest BCUT2D eigenvalue weighted by Crippen LogP contribution is 2.05. The first-order chi connectivity index (χ1) is 5.22. The van der Waals surface area contributed by atoms with Crippen LogP contribution in [0.25, 0.3) is 0 Å². The number of aliphatic carboxylic acids is 1. The van der Waals surface area contributed by atoms with Crippen molar-refractivity contribution in [2.45, 2.75) is 26.2 Å². The summed E-state index contributed by atoms with van der Waals surface area (Å²) in [6.45, 7) is 1.79. The molecule has 0 aliphatic carbocycles. The van der Waals surface area contributed by atoms with E-state index in [0.29, 0.717) is 24.8 Å². The molecule has 0 unspecified atom stereocenters. The third-order valence-corrected chi connectivity index (χ3v) is 1.46. The van der Waals surface area contributed by atoms with E-state index in [0.717, 1.165) is 0 Å². The molecule has 0 saturated carbocycles. The van der Waals surface area contributed by atoms with Crippen molar-refractivity contribution in [3.05, 3.63) is 11.6 Å². The molecule has 0 aromatic carbocycles. The van der Waals surface area contributed by atoms with E-state index in [2.05, 4.69) is 0 Å². The molecule has 0 atom stereocenters. The van der Waals surface area contributed by atoms with E-state index < -0.39 is 5.97 Å². The van der Waals surface area contributed by atoms with E-state index in [1.165, 1.54) is 6.08 Å². The summed E-state index contributed by atoms with van der Waals surface area (Å²) >= 11 is 0. The first-order valence-corrected chi connectivity index (χ1v) is 3.69. The maximum Gasteiger partial charge on any atom is 0.0671 e. The lowest BCUT2D eigenvalue weighted by molar-refractivity contribution is -0.299. The Morgan fingerprint density at radius 1 is 1.55 bits per heavy atom. The summed E-state index contributed by atoms with van der Waals surface area (Å²) in [6.07, 6.45) is 3.36. The van der Waals surface area contributed by atoms with Crippen molar-refractivity contribution >= 4 is 5.97 Å². The van der Waals surface area contributed by atoms with Crippen LogP contribution in [0.15, 0.2) is 11.6 Å². The molecule has 64 valence electrons. The second-order valence-corrected chi connectivity index (χ2v) is 2.28. The van der Waals surface area contributed by atoms with Gasteiger partial charge < -0.3 is 15.0 Å². The quantitative estimate of drug-likeness (QED) is 0.446. The molecule has 0 bridgehead atoms. The number of aliphatic hydroxyl groups is 1. The molecule has 0 radical (unpaired) electrons. The largest absolute Gasteiger partial charge is 0.545 e. The average Bonchev–Trinajstić information content (AvgIpc) is 1.97. The molecule has 0 aliphatic heterocycles. The molecule has 3 heteroatoms. The minimum Gasteiger partial charge on any atom is -0.545 e. The summed E-state index contributed by atoms with van der Waals surface area (Å²) in [7, 11) is 0. The Balaban J connectivity index is 3.63. The summed E-state index contributed by atoms with van der Waals surface area (Å²) in [6, 6.07) is 0. The van der Waals surface area contributed by atoms with Crippen molar-refractivity contribution in [1.82, 2.24) is 0 Å². The Kier molecular flexibility index (Phi) is 5.47. The highest BCUT2D eigenvalue weighted by Gasteiger charge is 1.95. The smallest absolute Gasteiger partial charge is 0.0671 e. The zero-order valence-electron chi connectivity index (χ0n) is 6.67. The average molecular weight is 157 g/mol. The molecule has 0 saturated heterocycles. The van der Waals surface area contributed by atoms with E-state index in [9.17, 15) is 9.90 Å². The molecule has 1 N–H and O–H groups in total. The highest BCUT2D eigenvalue weighted by atomic mass is 16.4. The van der Waals surface area contributed by atoms with Gasteiger partial charge in [-0.25, -0.2) is 0 Å². The van der Waals surface area contributed by atoms with Gasteiger partial charge in [0.25, 0.3) is 0 Å². The fraction of sp³-hybridized carbons (Fsp3) is 0.625. The number of hydrogen-bond donors (Lipinski definition) is 1. The van der Waals surface area contributed by atoms with Gasteiger partial charge in [0.2, 0.25) is 0 Å². The number of carboxylic acid groups (broad SMARTS) is 1. The third-order valence-electron chi connectivity index (χ3n) is 1.46. The van der Waals surface area contributed by atoms with Crippen LogP contribution in [0, 0.1) is 0 Å². The molecule has 0 spiro atoms. The normalized spacial score (nSPS) is 11.6. The van der Waals surface area contributed by atoms with E-state index in [4.69, 9.17) is 5.11 Å². The maximum absolute atomic E-state index is 10.3. The zero-order chi connectivity index (χ0) is 8.69. The van der Waals surface area contributed by atoms with Crippen molar-refractivity contribution in [3.8, 4) is 0 Å². The lowest BCUT2D eigenvalue weighted by atomic mass is 10.1. The number of carbonyl (C=O) groups is 1. The van der Waals surface area contributed by atoms with Crippen molar-refractivity contribution in [2.24, 2.45) is 0 Å². The third kappa shape index (κ3) is 4.56. The van der Waals surface area contributed by atoms with E-state index in [-0.39, 0.29) is 6.61 Å². The summed E-state index contributed by atoms with van der Waals surface area (Å²) in [4.78, 5) is 10.3. The first kappa shape index (κ1) is 10.2. The van der Waals surface area contributed by atoms with Gasteiger partial charge in [-0.15, -0.1) is 0 Å². The lowest BCUT2D eigenvalue weighted by Crippen LogP contribution is -2.24. The maximum atomic E-state index is 10.3. The van der Waals surface area contributed by atoms with Crippen LogP contribution in [0.4, 0.5) is 0 Å². The van der Waals surface area contributed by atoms with Crippen LogP contribution in [-0.2, 0) is 4.79 Å². The van der Waals surface area contributed by atoms with Gasteiger partial charge in [-0.05, 0) is 31.8 Å². The van der Waals surface area contributed by atoms with Crippen LogP contribution in [0.2, 0.25) is 0 Å². The molecule has 0 aromatic heterocycles. The number of unbranched alkanes of at least 4 members (excludes halogenated alkanes) is 1. The molecule has 0 aliphatic rings. The number of hydrogen-bond acceptors (Lipinski definition) is 3. The van der Waals surface area contributed by atoms with Crippen LogP contribution in [0.3, 0.4) is 0 Å². The van der Waals surface area contributed by atoms with Gasteiger partial charge in [-0.1, -0.05) is 6.08 Å². The van der Waals surface area contributed by atoms with E-state index >= 15 is 0 Å². The monoisotopic (exact) mass is 157 g/mol. The van der Waals surface area contributed by atoms with Gasteiger partial charge in [0.15, 0.2) is 0 Å². The highest BCUT2D eigenvalue weighted by molar-refractivity contribution is 5.84. The Bertz CT molecular complexity index is 149. The molecule has 0 heterocycles. The second kappa shape index (κ2) is 5.92. The second-order valence-electron chi connectivity index (χ2n) is 2.28. The molecular formula is C8H13O3-. The number of rotatable bonds is 5. The van der Waals surface area contributed by atoms with Crippen molar-refractivity contribution in [1.29, 1.82) is 0 Å². The van der Waals surface area contributed by atoms with Crippen molar-refractivity contribution in [3.63, 3.8) is 0 Å². The fourth-order valence-corrected chi connectivity index (χ4v) is 0.792. The van der Waals surface area contributed by atoms with Crippen molar-refractivity contribution < 1.29 is 15.0 Å². The number of allylic oxidation sites excluding steroid dienone is 1. The summed E-state index contributed by atoms with van der Waals surface area (Å²) < 4.78 is 0. The lowest BCUT2D eigenvalue weighted by Gasteiger charge is -2.06. The Hall–Kier alpha value is -0.830. The van der Waals surface area contributed by atoms with Crippen LogP contribution >= 0.6 is 0 Å². The van der Waals surface area contributed by atoms with Crippen LogP contribution in [0.5, 0.6) is 0 Å². The topological polar surface area (TPSA) is 60.4 Å². The van der Waals surface area contributed by atoms with Crippen LogP contribution in [0.1, 0.15) is 26.2 Å². The van der Waals surface area contributed by atoms with E-state index in [1.807, 2.05) is 0 Å². The first-order valence-electron chi connectivity index (χ1n) is 3.69. The minimum absolute atomic E-state index is 0.115. The Labute approximate surface area is 66.4 Å². The van der Waals surface area contributed by atoms with Gasteiger partial charge in [-0.3, -0.25) is 0 Å². The minimum atomic E-state index is -1.11. The van der Waals surface area contributed by atoms with Crippen LogP contribution in [-0.4, -0.2) is 17.7 Å². The van der Waals surface area contributed by atoms with Crippen LogP contribution < -0.4 is 5.11 Å². The molecule has 0 amide bonds. The molecule has 3 nitrogen and oxygen atoms in total. The molecule has 0 rings (SSSR count). The van der Waals surface area contributed by atoms with E-state index in [1.54, 1.807) is 6.92 Å². The SMILES string of the molecule is C/C=C(\CCCCO)C(=O)[O-]. The predicted molar refractivity (Wildman–Crippen MR) is 39.7 cm³/mol. The van der Waals surface area contributed by atoms with Gasteiger partial charge in [0.05, 0.1) is 5.97 Å². The predicted octanol–water partition coefficient (Wildman–Crippen LogP) is -0.155. The van der Waals surface area contributed by atoms with Gasteiger partial charge >= 0.3 is 0 Å². The van der Waals surface area contributed by atoms with Gasteiger partial charge in [0.1, 0.15) is 0 Å². The number of carbonyl (C=O) groups excluding carboxylic acids is 1. The van der Waals surface area contributed by atoms with Crippen molar-refractivity contribution in [2.75, 3.05) is 6.61 Å². The molecule has 0 aromatic rings. The summed E-state index contributed by atoms with van der Waals surface area (Å²) in [5.74, 6) is -1.11. The fourth-order valence-electron chi connectivity index (χ4n) is 0.792. The molecule has 11 heavy (non-hydrogen) atoms. The number of aliphatic hydroxyl groups excluding tert-OH is 1. The molecule has 0 fully saturated rings. The standard InChI is InChI=1S/C8H14O3/c1-2-7(8(10)11)5-3-4-6-9/h2,9H,3-6H2,1H3,(H,10,11)/p-1/b7-2+. The summed E-state index contributed by atoms with van der Waals surface area (Å²) in [5, 5.41) is 18.7. The molecular weight excluding hydrogens is 144 g/mol. The Morgan fingerprint density at radius 2 is 2.18 bits per heavy atom. The summed E-state index contributed by atoms with van der Waals surface area (Å²) in [5.41, 5.74) is 0.318.